The molecule has 1 fully saturated rings. The summed E-state index contributed by atoms with van der Waals surface area (Å²) in [5.74, 6) is 5.95. The fourth-order valence-corrected chi connectivity index (χ4v) is 2.75. The number of hydrogen-bond donors (Lipinski definition) is 4. The van der Waals surface area contributed by atoms with Crippen LogP contribution >= 0.6 is 0 Å². The van der Waals surface area contributed by atoms with Gasteiger partial charge in [-0.3, -0.25) is 9.79 Å². The molecule has 0 aliphatic carbocycles. The maximum Gasteiger partial charge on any atom is 0.207 e. The number of likely N-dealkylation sites (N-methyl/N-ethyl adjacent to an activating group) is 1. The predicted octanol–water partition coefficient (Wildman–Crippen LogP) is 1.42. The molecule has 1 unspecified atom stereocenters. The van der Waals surface area contributed by atoms with Gasteiger partial charge in [0.2, 0.25) is 6.41 Å². The van der Waals surface area contributed by atoms with E-state index in [1.54, 1.807) is 0 Å². The second-order valence-corrected chi connectivity index (χ2v) is 6.58. The van der Waals surface area contributed by atoms with Crippen molar-refractivity contribution in [2.24, 2.45) is 16.6 Å². The normalized spacial score (nSPS) is 14.9. The SMILES string of the molecule is CC.CC(N)CCCN[N-]N.CN=C1N(C)CCN1CCCCCCNC=O.[Y]. The zero-order valence-electron chi connectivity index (χ0n) is 19.4. The monoisotopic (exact) mass is 490 g/mol. The Kier molecular flexibility index (Phi) is 29.6. The third-order valence-electron chi connectivity index (χ3n) is 4.15. The molecule has 10 heteroatoms. The van der Waals surface area contributed by atoms with Crippen molar-refractivity contribution in [3.63, 3.8) is 0 Å². The molecule has 6 N–H and O–H groups in total. The number of rotatable bonds is 13. The van der Waals surface area contributed by atoms with Crippen molar-refractivity contribution in [1.29, 1.82) is 0 Å². The van der Waals surface area contributed by atoms with Gasteiger partial charge in [-0.1, -0.05) is 26.7 Å². The minimum Gasteiger partial charge on any atom is -0.536 e. The van der Waals surface area contributed by atoms with Crippen LogP contribution in [0, 0.1) is 0 Å². The number of carbonyl (C=O) groups is 1. The summed E-state index contributed by atoms with van der Waals surface area (Å²) in [5.41, 5.74) is 11.4. The average Bonchev–Trinajstić information content (AvgIpc) is 3.06. The van der Waals surface area contributed by atoms with Crippen LogP contribution in [0.15, 0.2) is 4.99 Å². The van der Waals surface area contributed by atoms with E-state index < -0.39 is 0 Å². The molecule has 0 spiro atoms. The van der Waals surface area contributed by atoms with E-state index in [1.165, 1.54) is 19.3 Å². The third-order valence-corrected chi connectivity index (χ3v) is 4.15. The zero-order valence-corrected chi connectivity index (χ0v) is 22.2. The minimum absolute atomic E-state index is 0. The van der Waals surface area contributed by atoms with Gasteiger partial charge >= 0.3 is 0 Å². The molecule has 0 aromatic rings. The molecule has 29 heavy (non-hydrogen) atoms. The number of nitrogens with two attached hydrogens (primary N) is 2. The van der Waals surface area contributed by atoms with Crippen LogP contribution in [0.1, 0.15) is 59.3 Å². The number of amides is 1. The van der Waals surface area contributed by atoms with E-state index in [2.05, 4.69) is 38.1 Å². The molecule has 1 heterocycles. The van der Waals surface area contributed by atoms with Crippen molar-refractivity contribution < 1.29 is 37.5 Å². The number of nitrogens with one attached hydrogen (secondary N) is 2. The Morgan fingerprint density at radius 2 is 1.83 bits per heavy atom. The van der Waals surface area contributed by atoms with Gasteiger partial charge in [0.15, 0.2) is 5.96 Å². The fraction of sp³-hybridized carbons (Fsp3) is 0.895. The summed E-state index contributed by atoms with van der Waals surface area (Å²) in [7, 11) is 3.95. The Morgan fingerprint density at radius 1 is 1.17 bits per heavy atom. The van der Waals surface area contributed by atoms with E-state index in [0.29, 0.717) is 0 Å². The standard InChI is InChI=1S/C12H24N4O.C5H15N4.C2H6.Y/c1-13-12-15(2)9-10-16(12)8-6-4-3-5-7-14-11-17;1-5(6)3-2-4-8-9-7;1-2;/h11H,3-10H2,1-2H3,(H,14,17);5,8H,2-4,6-7H2,1H3;1-2H3;/q;-1;;. The van der Waals surface area contributed by atoms with Crippen LogP contribution in [0.3, 0.4) is 0 Å². The molecule has 171 valence electrons. The van der Waals surface area contributed by atoms with Gasteiger partial charge in [0, 0.05) is 79.0 Å². The topological polar surface area (TPSA) is 126 Å². The van der Waals surface area contributed by atoms with E-state index in [1.807, 2.05) is 27.8 Å². The van der Waals surface area contributed by atoms with Gasteiger partial charge in [0.1, 0.15) is 0 Å². The number of hydrogen-bond acceptors (Lipinski definition) is 5. The van der Waals surface area contributed by atoms with Gasteiger partial charge in [-0.15, -0.1) is 0 Å². The van der Waals surface area contributed by atoms with E-state index in [9.17, 15) is 4.79 Å². The van der Waals surface area contributed by atoms with E-state index in [-0.39, 0.29) is 38.8 Å². The summed E-state index contributed by atoms with van der Waals surface area (Å²) in [6.07, 6.45) is 7.49. The fourth-order valence-electron chi connectivity index (χ4n) is 2.75. The van der Waals surface area contributed by atoms with Gasteiger partial charge in [-0.05, 0) is 39.2 Å². The Hall–Kier alpha value is -0.316. The number of unbranched alkanes of at least 4 members (excludes halogenated alkanes) is 3. The van der Waals surface area contributed by atoms with Crippen molar-refractivity contribution in [3.8, 4) is 0 Å². The van der Waals surface area contributed by atoms with Crippen molar-refractivity contribution in [1.82, 2.24) is 20.5 Å². The van der Waals surface area contributed by atoms with Crippen molar-refractivity contribution in [2.75, 3.05) is 46.8 Å². The molecule has 9 nitrogen and oxygen atoms in total. The van der Waals surface area contributed by atoms with E-state index in [4.69, 9.17) is 11.6 Å². The molecule has 1 atom stereocenters. The number of nitrogens with zero attached hydrogens (tertiary/aromatic N) is 4. The summed E-state index contributed by atoms with van der Waals surface area (Å²) in [4.78, 5) is 18.9. The number of aliphatic imine (C=N–C) groups is 1. The molecule has 0 bridgehead atoms. The molecular weight excluding hydrogens is 445 g/mol. The van der Waals surface area contributed by atoms with Crippen LogP contribution in [0.2, 0.25) is 0 Å². The number of guanidine groups is 1. The molecule has 1 radical (unpaired) electrons. The first-order chi connectivity index (χ1) is 13.6. The second kappa shape index (κ2) is 25.7. The minimum atomic E-state index is 0. The molecule has 0 saturated carbocycles. The zero-order chi connectivity index (χ0) is 21.6. The van der Waals surface area contributed by atoms with Gasteiger partial charge in [-0.25, -0.2) is 0 Å². The van der Waals surface area contributed by atoms with Gasteiger partial charge in [0.05, 0.1) is 0 Å². The molecular formula is C19H45N8OY-. The van der Waals surface area contributed by atoms with Crippen molar-refractivity contribution >= 4 is 12.4 Å². The van der Waals surface area contributed by atoms with Crippen LogP contribution in [0.25, 0.3) is 5.53 Å². The maximum atomic E-state index is 10.0. The van der Waals surface area contributed by atoms with Gasteiger partial charge in [0.25, 0.3) is 0 Å². The Balaban J connectivity index is -0.000000482. The van der Waals surface area contributed by atoms with Crippen LogP contribution in [0.5, 0.6) is 0 Å². The predicted molar refractivity (Wildman–Crippen MR) is 120 cm³/mol. The third kappa shape index (κ3) is 20.7. The molecule has 1 amide bonds. The molecule has 0 aromatic carbocycles. The van der Waals surface area contributed by atoms with Crippen molar-refractivity contribution in [2.45, 2.75) is 65.3 Å². The van der Waals surface area contributed by atoms with Gasteiger partial charge < -0.3 is 37.7 Å². The second-order valence-electron chi connectivity index (χ2n) is 6.58. The molecule has 0 aromatic heterocycles. The molecule has 1 aliphatic heterocycles. The maximum absolute atomic E-state index is 10.0. The summed E-state index contributed by atoms with van der Waals surface area (Å²) in [6, 6.07) is 0.282. The first-order valence-electron chi connectivity index (χ1n) is 10.5. The van der Waals surface area contributed by atoms with Gasteiger partial charge in [-0.2, -0.15) is 0 Å². The molecule has 1 aliphatic rings. The molecule has 1 rings (SSSR count). The largest absolute Gasteiger partial charge is 0.536 e. The summed E-state index contributed by atoms with van der Waals surface area (Å²) in [6.45, 7) is 10.9. The summed E-state index contributed by atoms with van der Waals surface area (Å²) in [5, 5.41) is 2.69. The first kappa shape index (κ1) is 33.3. The Morgan fingerprint density at radius 3 is 2.38 bits per heavy atom. The van der Waals surface area contributed by atoms with E-state index >= 15 is 0 Å². The van der Waals surface area contributed by atoms with Crippen molar-refractivity contribution in [3.05, 3.63) is 5.53 Å². The summed E-state index contributed by atoms with van der Waals surface area (Å²) < 4.78 is 0. The molecule has 1 saturated heterocycles. The Bertz CT molecular complexity index is 372. The van der Waals surface area contributed by atoms with E-state index in [0.717, 1.165) is 64.4 Å². The van der Waals surface area contributed by atoms with Crippen LogP contribution in [0.4, 0.5) is 0 Å². The van der Waals surface area contributed by atoms with Crippen LogP contribution in [-0.4, -0.2) is 75.0 Å². The quantitative estimate of drug-likeness (QED) is 0.134. The van der Waals surface area contributed by atoms with Crippen LogP contribution in [-0.2, 0) is 37.5 Å². The number of carbonyl (C=O) groups excluding carboxylic acids is 1. The summed E-state index contributed by atoms with van der Waals surface area (Å²) >= 11 is 0. The smallest absolute Gasteiger partial charge is 0.207 e. The van der Waals surface area contributed by atoms with Crippen LogP contribution < -0.4 is 22.3 Å². The average molecular weight is 491 g/mol. The first-order valence-corrected chi connectivity index (χ1v) is 10.5. The Labute approximate surface area is 204 Å².